The molecule has 1 atom stereocenters. The zero-order valence-electron chi connectivity index (χ0n) is 9.05. The molecule has 1 amide bonds. The van der Waals surface area contributed by atoms with Gasteiger partial charge >= 0.3 is 0 Å². The first-order valence-electron chi connectivity index (χ1n) is 5.18. The third-order valence-corrected chi connectivity index (χ3v) is 4.93. The van der Waals surface area contributed by atoms with Crippen molar-refractivity contribution in [2.45, 2.75) is 12.5 Å². The van der Waals surface area contributed by atoms with Crippen LogP contribution in [0.5, 0.6) is 0 Å². The second-order valence-electron chi connectivity index (χ2n) is 3.86. The molecule has 0 bridgehead atoms. The number of hydrogen-bond acceptors (Lipinski definition) is 6. The molecule has 8 heteroatoms. The fourth-order valence-electron chi connectivity index (χ4n) is 1.65. The number of anilines is 1. The summed E-state index contributed by atoms with van der Waals surface area (Å²) in [6, 6.07) is -0.245. The van der Waals surface area contributed by atoms with E-state index in [9.17, 15) is 13.2 Å². The minimum absolute atomic E-state index is 0.0516. The van der Waals surface area contributed by atoms with Crippen LogP contribution in [0.2, 0.25) is 0 Å². The van der Waals surface area contributed by atoms with Gasteiger partial charge in [0.15, 0.2) is 15.0 Å². The summed E-state index contributed by atoms with van der Waals surface area (Å²) in [6.45, 7) is 0.115. The lowest BCUT2D eigenvalue weighted by Gasteiger charge is -2.10. The number of hydrogen-bond donors (Lipinski definition) is 2. The molecule has 0 spiro atoms. The van der Waals surface area contributed by atoms with Crippen molar-refractivity contribution in [3.05, 3.63) is 11.6 Å². The zero-order valence-corrected chi connectivity index (χ0v) is 10.7. The van der Waals surface area contributed by atoms with E-state index in [4.69, 9.17) is 0 Å². The summed E-state index contributed by atoms with van der Waals surface area (Å²) < 4.78 is 22.4. The number of carbonyl (C=O) groups excluding carboxylic acids is 1. The summed E-state index contributed by atoms with van der Waals surface area (Å²) >= 11 is 1.41. The van der Waals surface area contributed by atoms with Crippen LogP contribution in [0.4, 0.5) is 5.13 Å². The third-order valence-electron chi connectivity index (χ3n) is 2.43. The number of rotatable bonds is 4. The van der Waals surface area contributed by atoms with Gasteiger partial charge < -0.3 is 10.6 Å². The molecule has 17 heavy (non-hydrogen) atoms. The Balaban J connectivity index is 1.75. The molecule has 0 aromatic carbocycles. The zero-order chi connectivity index (χ0) is 12.3. The van der Waals surface area contributed by atoms with Gasteiger partial charge in [-0.2, -0.15) is 0 Å². The molecule has 0 radical (unpaired) electrons. The van der Waals surface area contributed by atoms with E-state index in [1.54, 1.807) is 6.20 Å². The lowest BCUT2D eigenvalue weighted by atomic mass is 10.2. The molecule has 1 fully saturated rings. The highest BCUT2D eigenvalue weighted by atomic mass is 32.2. The Morgan fingerprint density at radius 3 is 3.00 bits per heavy atom. The Labute approximate surface area is 103 Å². The minimum Gasteiger partial charge on any atom is -0.352 e. The van der Waals surface area contributed by atoms with Gasteiger partial charge in [-0.05, 0) is 6.42 Å². The molecule has 2 N–H and O–H groups in total. The number of nitrogens with one attached hydrogen (secondary N) is 2. The molecule has 0 aliphatic carbocycles. The summed E-state index contributed by atoms with van der Waals surface area (Å²) in [7, 11) is -2.94. The van der Waals surface area contributed by atoms with Crippen molar-refractivity contribution in [1.29, 1.82) is 0 Å². The predicted molar refractivity (Wildman–Crippen MR) is 65.8 cm³/mol. The fourth-order valence-corrected chi connectivity index (χ4v) is 3.86. The first-order chi connectivity index (χ1) is 8.05. The molecule has 1 unspecified atom stereocenters. The van der Waals surface area contributed by atoms with Gasteiger partial charge in [-0.3, -0.25) is 4.79 Å². The normalized spacial score (nSPS) is 22.2. The van der Waals surface area contributed by atoms with Crippen molar-refractivity contribution < 1.29 is 13.2 Å². The monoisotopic (exact) mass is 275 g/mol. The molecule has 94 valence electrons. The first kappa shape index (κ1) is 12.3. The summed E-state index contributed by atoms with van der Waals surface area (Å²) in [6.07, 6.45) is 2.15. The second kappa shape index (κ2) is 5.01. The first-order valence-corrected chi connectivity index (χ1v) is 7.88. The van der Waals surface area contributed by atoms with Gasteiger partial charge in [0.25, 0.3) is 0 Å². The number of sulfone groups is 1. The van der Waals surface area contributed by atoms with E-state index in [1.807, 2.05) is 5.38 Å². The van der Waals surface area contributed by atoms with Gasteiger partial charge in [-0.25, -0.2) is 13.4 Å². The van der Waals surface area contributed by atoms with E-state index in [1.165, 1.54) is 11.3 Å². The Hall–Kier alpha value is -1.15. The molecule has 1 saturated heterocycles. The SMILES string of the molecule is O=C(CNc1nccs1)NC1CCS(=O)(=O)C1. The maximum absolute atomic E-state index is 11.5. The van der Waals surface area contributed by atoms with E-state index in [0.29, 0.717) is 11.6 Å². The molecular weight excluding hydrogens is 262 g/mol. The second-order valence-corrected chi connectivity index (χ2v) is 6.98. The van der Waals surface area contributed by atoms with Gasteiger partial charge in [0.05, 0.1) is 18.1 Å². The van der Waals surface area contributed by atoms with Crippen LogP contribution in [-0.2, 0) is 14.6 Å². The number of aromatic nitrogens is 1. The van der Waals surface area contributed by atoms with Crippen molar-refractivity contribution >= 4 is 32.2 Å². The number of amides is 1. The minimum atomic E-state index is -2.94. The van der Waals surface area contributed by atoms with Crippen LogP contribution in [0, 0.1) is 0 Å². The standard InChI is InChI=1S/C9H13N3O3S2/c13-8(5-11-9-10-2-3-16-9)12-7-1-4-17(14,15)6-7/h2-3,7H,1,4-6H2,(H,10,11)(H,12,13). The van der Waals surface area contributed by atoms with E-state index in [2.05, 4.69) is 15.6 Å². The van der Waals surface area contributed by atoms with Gasteiger partial charge in [0.1, 0.15) is 0 Å². The van der Waals surface area contributed by atoms with Gasteiger partial charge in [-0.1, -0.05) is 0 Å². The highest BCUT2D eigenvalue weighted by Gasteiger charge is 2.28. The molecule has 2 heterocycles. The van der Waals surface area contributed by atoms with Crippen molar-refractivity contribution in [1.82, 2.24) is 10.3 Å². The topological polar surface area (TPSA) is 88.2 Å². The van der Waals surface area contributed by atoms with Crippen molar-refractivity contribution in [2.75, 3.05) is 23.4 Å². The average molecular weight is 275 g/mol. The van der Waals surface area contributed by atoms with E-state index in [-0.39, 0.29) is 30.0 Å². The van der Waals surface area contributed by atoms with Gasteiger partial charge in [0.2, 0.25) is 5.91 Å². The number of thiazole rings is 1. The Bertz CT molecular complexity index is 484. The van der Waals surface area contributed by atoms with Crippen LogP contribution in [0.1, 0.15) is 6.42 Å². The molecular formula is C9H13N3O3S2. The van der Waals surface area contributed by atoms with E-state index >= 15 is 0 Å². The maximum atomic E-state index is 11.5. The number of nitrogens with zero attached hydrogens (tertiary/aromatic N) is 1. The lowest BCUT2D eigenvalue weighted by Crippen LogP contribution is -2.39. The number of carbonyl (C=O) groups is 1. The quantitative estimate of drug-likeness (QED) is 0.798. The Kier molecular flexibility index (Phi) is 3.63. The Morgan fingerprint density at radius 1 is 1.59 bits per heavy atom. The highest BCUT2D eigenvalue weighted by Crippen LogP contribution is 2.11. The summed E-state index contributed by atoms with van der Waals surface area (Å²) in [5.74, 6) is 0.00991. The highest BCUT2D eigenvalue weighted by molar-refractivity contribution is 7.91. The smallest absolute Gasteiger partial charge is 0.239 e. The predicted octanol–water partition coefficient (Wildman–Crippen LogP) is -0.142. The van der Waals surface area contributed by atoms with Crippen molar-refractivity contribution in [3.63, 3.8) is 0 Å². The van der Waals surface area contributed by atoms with Gasteiger partial charge in [0, 0.05) is 17.6 Å². The van der Waals surface area contributed by atoms with Crippen LogP contribution >= 0.6 is 11.3 Å². The Morgan fingerprint density at radius 2 is 2.41 bits per heavy atom. The van der Waals surface area contributed by atoms with Crippen LogP contribution in [-0.4, -0.2) is 43.4 Å². The molecule has 1 aliphatic rings. The molecule has 6 nitrogen and oxygen atoms in total. The average Bonchev–Trinajstić information content (AvgIpc) is 2.85. The lowest BCUT2D eigenvalue weighted by molar-refractivity contribution is -0.119. The molecule has 0 saturated carbocycles. The molecule has 1 aromatic heterocycles. The third kappa shape index (κ3) is 3.67. The molecule has 1 aromatic rings. The summed E-state index contributed by atoms with van der Waals surface area (Å²) in [4.78, 5) is 15.5. The van der Waals surface area contributed by atoms with Crippen molar-refractivity contribution in [2.24, 2.45) is 0 Å². The fraction of sp³-hybridized carbons (Fsp3) is 0.556. The van der Waals surface area contributed by atoms with Gasteiger partial charge in [-0.15, -0.1) is 11.3 Å². The molecule has 1 aliphatic heterocycles. The van der Waals surface area contributed by atoms with Crippen molar-refractivity contribution in [3.8, 4) is 0 Å². The van der Waals surface area contributed by atoms with Crippen LogP contribution in [0.3, 0.4) is 0 Å². The van der Waals surface area contributed by atoms with Crippen LogP contribution in [0.25, 0.3) is 0 Å². The summed E-state index contributed by atoms with van der Waals surface area (Å²) in [5.41, 5.74) is 0. The molecule has 2 rings (SSSR count). The van der Waals surface area contributed by atoms with E-state index < -0.39 is 9.84 Å². The maximum Gasteiger partial charge on any atom is 0.239 e. The largest absolute Gasteiger partial charge is 0.352 e. The van der Waals surface area contributed by atoms with Crippen LogP contribution in [0.15, 0.2) is 11.6 Å². The van der Waals surface area contributed by atoms with E-state index in [0.717, 1.165) is 0 Å². The van der Waals surface area contributed by atoms with Crippen LogP contribution < -0.4 is 10.6 Å². The summed E-state index contributed by atoms with van der Waals surface area (Å²) in [5, 5.41) is 8.05.